The van der Waals surface area contributed by atoms with Crippen LogP contribution >= 0.6 is 0 Å². The molecule has 1 unspecified atom stereocenters. The first kappa shape index (κ1) is 9.86. The van der Waals surface area contributed by atoms with Crippen molar-refractivity contribution in [1.29, 1.82) is 0 Å². The number of aromatic nitrogens is 2. The fourth-order valence-corrected chi connectivity index (χ4v) is 1.46. The first-order chi connectivity index (χ1) is 7.40. The average Bonchev–Trinajstić information content (AvgIpc) is 2.80. The van der Waals surface area contributed by atoms with Gasteiger partial charge in [0.15, 0.2) is 0 Å². The number of nitrogens with zero attached hydrogens (tertiary/aromatic N) is 2. The second-order valence-electron chi connectivity index (χ2n) is 3.28. The summed E-state index contributed by atoms with van der Waals surface area (Å²) in [5.41, 5.74) is 1.14. The SMILES string of the molecule is CNC(Cc1ccoc1)c1ncccn1. The molecule has 0 aliphatic carbocycles. The van der Waals surface area contributed by atoms with Crippen molar-refractivity contribution in [3.8, 4) is 0 Å². The number of rotatable bonds is 4. The van der Waals surface area contributed by atoms with Crippen LogP contribution in [-0.4, -0.2) is 17.0 Å². The summed E-state index contributed by atoms with van der Waals surface area (Å²) in [5, 5.41) is 3.19. The molecule has 0 amide bonds. The molecule has 0 saturated heterocycles. The predicted octanol–water partition coefficient (Wildman–Crippen LogP) is 1.57. The molecule has 1 atom stereocenters. The van der Waals surface area contributed by atoms with E-state index >= 15 is 0 Å². The van der Waals surface area contributed by atoms with E-state index in [4.69, 9.17) is 4.42 Å². The van der Waals surface area contributed by atoms with Gasteiger partial charge in [-0.05, 0) is 31.2 Å². The largest absolute Gasteiger partial charge is 0.472 e. The van der Waals surface area contributed by atoms with Crippen molar-refractivity contribution < 1.29 is 4.42 Å². The van der Waals surface area contributed by atoms with Crippen molar-refractivity contribution in [1.82, 2.24) is 15.3 Å². The predicted molar refractivity (Wildman–Crippen MR) is 56.2 cm³/mol. The van der Waals surface area contributed by atoms with Crippen LogP contribution in [0.1, 0.15) is 17.4 Å². The summed E-state index contributed by atoms with van der Waals surface area (Å²) >= 11 is 0. The topological polar surface area (TPSA) is 51.0 Å². The van der Waals surface area contributed by atoms with Crippen LogP contribution in [0.15, 0.2) is 41.5 Å². The Morgan fingerprint density at radius 1 is 1.40 bits per heavy atom. The van der Waals surface area contributed by atoms with Crippen LogP contribution in [0.4, 0.5) is 0 Å². The van der Waals surface area contributed by atoms with Gasteiger partial charge in [0, 0.05) is 12.4 Å². The molecule has 2 rings (SSSR count). The third-order valence-corrected chi connectivity index (χ3v) is 2.27. The van der Waals surface area contributed by atoms with Gasteiger partial charge in [-0.25, -0.2) is 9.97 Å². The van der Waals surface area contributed by atoms with Crippen molar-refractivity contribution in [2.75, 3.05) is 7.05 Å². The minimum absolute atomic E-state index is 0.129. The minimum atomic E-state index is 0.129. The van der Waals surface area contributed by atoms with Crippen LogP contribution in [-0.2, 0) is 6.42 Å². The molecule has 4 heteroatoms. The molecule has 0 radical (unpaired) electrons. The van der Waals surface area contributed by atoms with Gasteiger partial charge in [0.2, 0.25) is 0 Å². The summed E-state index contributed by atoms with van der Waals surface area (Å²) in [6, 6.07) is 3.89. The Morgan fingerprint density at radius 3 is 2.80 bits per heavy atom. The van der Waals surface area contributed by atoms with Gasteiger partial charge in [-0.1, -0.05) is 0 Å². The number of furan rings is 1. The Morgan fingerprint density at radius 2 is 2.20 bits per heavy atom. The first-order valence-electron chi connectivity index (χ1n) is 4.85. The van der Waals surface area contributed by atoms with E-state index in [1.54, 1.807) is 24.9 Å². The summed E-state index contributed by atoms with van der Waals surface area (Å²) in [7, 11) is 1.90. The lowest BCUT2D eigenvalue weighted by Gasteiger charge is -2.12. The summed E-state index contributed by atoms with van der Waals surface area (Å²) in [5.74, 6) is 0.807. The van der Waals surface area contributed by atoms with Crippen molar-refractivity contribution in [3.05, 3.63) is 48.4 Å². The van der Waals surface area contributed by atoms with Crippen LogP contribution in [0.2, 0.25) is 0 Å². The van der Waals surface area contributed by atoms with E-state index in [0.29, 0.717) is 0 Å². The van der Waals surface area contributed by atoms with E-state index in [1.165, 1.54) is 0 Å². The Balaban J connectivity index is 2.12. The highest BCUT2D eigenvalue weighted by molar-refractivity contribution is 5.10. The van der Waals surface area contributed by atoms with Gasteiger partial charge < -0.3 is 9.73 Å². The highest BCUT2D eigenvalue weighted by atomic mass is 16.3. The molecule has 78 valence electrons. The monoisotopic (exact) mass is 203 g/mol. The Bertz CT molecular complexity index is 385. The second-order valence-corrected chi connectivity index (χ2v) is 3.28. The maximum Gasteiger partial charge on any atom is 0.145 e. The quantitative estimate of drug-likeness (QED) is 0.819. The second kappa shape index (κ2) is 4.70. The van der Waals surface area contributed by atoms with Crippen molar-refractivity contribution >= 4 is 0 Å². The molecule has 0 aromatic carbocycles. The third kappa shape index (κ3) is 2.41. The molecule has 0 aliphatic rings. The molecule has 15 heavy (non-hydrogen) atoms. The molecular weight excluding hydrogens is 190 g/mol. The van der Waals surface area contributed by atoms with Gasteiger partial charge in [-0.3, -0.25) is 0 Å². The fraction of sp³-hybridized carbons (Fsp3) is 0.273. The zero-order chi connectivity index (χ0) is 10.5. The zero-order valence-corrected chi connectivity index (χ0v) is 8.55. The summed E-state index contributed by atoms with van der Waals surface area (Å²) < 4.78 is 5.03. The Kier molecular flexibility index (Phi) is 3.09. The van der Waals surface area contributed by atoms with Crippen LogP contribution in [0.5, 0.6) is 0 Å². The van der Waals surface area contributed by atoms with Crippen LogP contribution in [0.3, 0.4) is 0 Å². The highest BCUT2D eigenvalue weighted by Crippen LogP contribution is 2.14. The lowest BCUT2D eigenvalue weighted by molar-refractivity contribution is 0.538. The molecule has 4 nitrogen and oxygen atoms in total. The normalized spacial score (nSPS) is 12.6. The minimum Gasteiger partial charge on any atom is -0.472 e. The molecule has 0 saturated carbocycles. The zero-order valence-electron chi connectivity index (χ0n) is 8.55. The lowest BCUT2D eigenvalue weighted by atomic mass is 10.1. The molecule has 0 spiro atoms. The van der Waals surface area contributed by atoms with Crippen LogP contribution < -0.4 is 5.32 Å². The van der Waals surface area contributed by atoms with Gasteiger partial charge in [0.25, 0.3) is 0 Å². The van der Waals surface area contributed by atoms with Gasteiger partial charge in [-0.2, -0.15) is 0 Å². The third-order valence-electron chi connectivity index (χ3n) is 2.27. The van der Waals surface area contributed by atoms with Gasteiger partial charge >= 0.3 is 0 Å². The number of nitrogens with one attached hydrogen (secondary N) is 1. The van der Waals surface area contributed by atoms with E-state index in [1.807, 2.05) is 19.2 Å². The first-order valence-corrected chi connectivity index (χ1v) is 4.85. The Labute approximate surface area is 88.4 Å². The van der Waals surface area contributed by atoms with E-state index in [0.717, 1.165) is 17.8 Å². The van der Waals surface area contributed by atoms with Gasteiger partial charge in [-0.15, -0.1) is 0 Å². The molecule has 2 aromatic rings. The molecule has 0 bridgehead atoms. The van der Waals surface area contributed by atoms with Crippen LogP contribution in [0.25, 0.3) is 0 Å². The van der Waals surface area contributed by atoms with Crippen LogP contribution in [0, 0.1) is 0 Å². The highest BCUT2D eigenvalue weighted by Gasteiger charge is 2.12. The average molecular weight is 203 g/mol. The van der Waals surface area contributed by atoms with E-state index < -0.39 is 0 Å². The smallest absolute Gasteiger partial charge is 0.145 e. The van der Waals surface area contributed by atoms with E-state index in [9.17, 15) is 0 Å². The van der Waals surface area contributed by atoms with Gasteiger partial charge in [0.05, 0.1) is 18.6 Å². The maximum atomic E-state index is 5.03. The lowest BCUT2D eigenvalue weighted by Crippen LogP contribution is -2.20. The summed E-state index contributed by atoms with van der Waals surface area (Å²) in [4.78, 5) is 8.45. The molecular formula is C11H13N3O. The van der Waals surface area contributed by atoms with Gasteiger partial charge in [0.1, 0.15) is 5.82 Å². The molecule has 2 aromatic heterocycles. The number of hydrogen-bond donors (Lipinski definition) is 1. The standard InChI is InChI=1S/C11H13N3O/c1-12-10(7-9-3-6-15-8-9)11-13-4-2-5-14-11/h2-6,8,10,12H,7H2,1H3. The molecule has 1 N–H and O–H groups in total. The number of hydrogen-bond acceptors (Lipinski definition) is 4. The van der Waals surface area contributed by atoms with Crippen molar-refractivity contribution in [2.45, 2.75) is 12.5 Å². The van der Waals surface area contributed by atoms with E-state index in [2.05, 4.69) is 15.3 Å². The maximum absolute atomic E-state index is 5.03. The Hall–Kier alpha value is -1.68. The molecule has 0 aliphatic heterocycles. The fourth-order valence-electron chi connectivity index (χ4n) is 1.46. The molecule has 0 fully saturated rings. The summed E-state index contributed by atoms with van der Waals surface area (Å²) in [6.45, 7) is 0. The summed E-state index contributed by atoms with van der Waals surface area (Å²) in [6.07, 6.45) is 7.75. The van der Waals surface area contributed by atoms with Crippen molar-refractivity contribution in [2.24, 2.45) is 0 Å². The number of likely N-dealkylation sites (N-methyl/N-ethyl adjacent to an activating group) is 1. The molecule has 2 heterocycles. The van der Waals surface area contributed by atoms with Crippen molar-refractivity contribution in [3.63, 3.8) is 0 Å². The van der Waals surface area contributed by atoms with E-state index in [-0.39, 0.29) is 6.04 Å².